The van der Waals surface area contributed by atoms with Crippen molar-refractivity contribution in [3.63, 3.8) is 0 Å². The molecule has 5 heteroatoms. The van der Waals surface area contributed by atoms with Crippen molar-refractivity contribution < 1.29 is 14.3 Å². The quantitative estimate of drug-likeness (QED) is 0.519. The summed E-state index contributed by atoms with van der Waals surface area (Å²) >= 11 is 0. The number of carbonyl (C=O) groups excluding carboxylic acids is 2. The lowest BCUT2D eigenvalue weighted by atomic mass is 9.91. The normalized spacial score (nSPS) is 13.5. The van der Waals surface area contributed by atoms with Crippen LogP contribution in [0.4, 0.5) is 5.69 Å². The first-order valence-electron chi connectivity index (χ1n) is 11.6. The van der Waals surface area contributed by atoms with Gasteiger partial charge in [-0.1, -0.05) is 54.6 Å². The molecular formula is C28H30N2O3. The smallest absolute Gasteiger partial charge is 0.265 e. The van der Waals surface area contributed by atoms with Gasteiger partial charge in [0.1, 0.15) is 5.75 Å². The number of rotatable bonds is 8. The summed E-state index contributed by atoms with van der Waals surface area (Å²) in [6, 6.07) is 23.1. The second kappa shape index (κ2) is 10.8. The lowest BCUT2D eigenvalue weighted by Crippen LogP contribution is -2.32. The van der Waals surface area contributed by atoms with E-state index in [1.165, 1.54) is 17.5 Å². The Hall–Kier alpha value is -3.60. The van der Waals surface area contributed by atoms with E-state index in [-0.39, 0.29) is 11.8 Å². The van der Waals surface area contributed by atoms with Crippen LogP contribution in [-0.2, 0) is 24.1 Å². The number of hydrogen-bond acceptors (Lipinski definition) is 3. The third-order valence-electron chi connectivity index (χ3n) is 6.00. The molecular weight excluding hydrogens is 412 g/mol. The van der Waals surface area contributed by atoms with E-state index in [4.69, 9.17) is 4.74 Å². The fourth-order valence-corrected chi connectivity index (χ4v) is 4.19. The predicted octanol–water partition coefficient (Wildman–Crippen LogP) is 4.94. The number of amides is 2. The number of hydrogen-bond donors (Lipinski definition) is 2. The monoisotopic (exact) mass is 442 g/mol. The minimum atomic E-state index is -0.687. The van der Waals surface area contributed by atoms with Crippen LogP contribution in [0.15, 0.2) is 72.8 Å². The molecule has 4 rings (SSSR count). The molecule has 0 radical (unpaired) electrons. The topological polar surface area (TPSA) is 67.4 Å². The highest BCUT2D eigenvalue weighted by Crippen LogP contribution is 2.30. The molecule has 2 amide bonds. The molecule has 0 aromatic heterocycles. The van der Waals surface area contributed by atoms with E-state index in [9.17, 15) is 9.59 Å². The molecule has 0 spiro atoms. The molecule has 0 aliphatic heterocycles. The van der Waals surface area contributed by atoms with Crippen molar-refractivity contribution in [3.8, 4) is 5.75 Å². The van der Waals surface area contributed by atoms with Gasteiger partial charge in [0.2, 0.25) is 0 Å². The third kappa shape index (κ3) is 5.80. The van der Waals surface area contributed by atoms with Gasteiger partial charge in [-0.15, -0.1) is 0 Å². The van der Waals surface area contributed by atoms with E-state index < -0.39 is 6.10 Å². The first kappa shape index (κ1) is 22.6. The third-order valence-corrected chi connectivity index (χ3v) is 6.00. The Morgan fingerprint density at radius 1 is 0.909 bits per heavy atom. The molecule has 5 nitrogen and oxygen atoms in total. The molecule has 1 unspecified atom stereocenters. The van der Waals surface area contributed by atoms with Gasteiger partial charge in [-0.25, -0.2) is 0 Å². The molecule has 1 aliphatic rings. The first-order chi connectivity index (χ1) is 16.1. The Bertz CT molecular complexity index is 1110. The SMILES string of the molecule is CC(Oc1cccc2c1CCCC2)C(=O)Nc1ccccc1C(=O)NCCc1ccccc1. The number of para-hydroxylation sites is 1. The van der Waals surface area contributed by atoms with E-state index in [0.717, 1.165) is 37.0 Å². The van der Waals surface area contributed by atoms with E-state index >= 15 is 0 Å². The summed E-state index contributed by atoms with van der Waals surface area (Å²) in [4.78, 5) is 25.7. The fraction of sp³-hybridized carbons (Fsp3) is 0.286. The lowest BCUT2D eigenvalue weighted by Gasteiger charge is -2.22. The summed E-state index contributed by atoms with van der Waals surface area (Å²) < 4.78 is 6.05. The number of aryl methyl sites for hydroxylation is 1. The van der Waals surface area contributed by atoms with Crippen LogP contribution in [0.1, 0.15) is 46.8 Å². The second-order valence-electron chi connectivity index (χ2n) is 8.39. The highest BCUT2D eigenvalue weighted by atomic mass is 16.5. The Labute approximate surface area is 195 Å². The maximum atomic E-state index is 12.9. The minimum Gasteiger partial charge on any atom is -0.481 e. The van der Waals surface area contributed by atoms with Crippen molar-refractivity contribution >= 4 is 17.5 Å². The van der Waals surface area contributed by atoms with Gasteiger partial charge in [-0.3, -0.25) is 9.59 Å². The summed E-state index contributed by atoms with van der Waals surface area (Å²) in [6.45, 7) is 2.25. The van der Waals surface area contributed by atoms with Gasteiger partial charge in [-0.05, 0) is 73.9 Å². The maximum absolute atomic E-state index is 12.9. The number of benzene rings is 3. The molecule has 0 heterocycles. The summed E-state index contributed by atoms with van der Waals surface area (Å²) in [5.74, 6) is 0.280. The Morgan fingerprint density at radius 3 is 2.52 bits per heavy atom. The second-order valence-corrected chi connectivity index (χ2v) is 8.39. The van der Waals surface area contributed by atoms with Crippen molar-refractivity contribution in [2.75, 3.05) is 11.9 Å². The van der Waals surface area contributed by atoms with Crippen LogP contribution in [0.5, 0.6) is 5.75 Å². The minimum absolute atomic E-state index is 0.215. The van der Waals surface area contributed by atoms with Crippen LogP contribution in [0, 0.1) is 0 Å². The average Bonchev–Trinajstić information content (AvgIpc) is 2.85. The van der Waals surface area contributed by atoms with E-state index in [0.29, 0.717) is 17.8 Å². The molecule has 0 saturated carbocycles. The van der Waals surface area contributed by atoms with Gasteiger partial charge in [-0.2, -0.15) is 0 Å². The standard InChI is InChI=1S/C28H30N2O3/c1-20(33-26-17-9-13-22-12-5-6-14-23(22)26)27(31)30-25-16-8-7-15-24(25)28(32)29-19-18-21-10-3-2-4-11-21/h2-4,7-11,13,15-17,20H,5-6,12,14,18-19H2,1H3,(H,29,32)(H,30,31). The van der Waals surface area contributed by atoms with Crippen LogP contribution in [0.2, 0.25) is 0 Å². The first-order valence-corrected chi connectivity index (χ1v) is 11.6. The molecule has 0 saturated heterocycles. The zero-order valence-electron chi connectivity index (χ0n) is 19.0. The van der Waals surface area contributed by atoms with Crippen LogP contribution in [0.25, 0.3) is 0 Å². The van der Waals surface area contributed by atoms with Crippen molar-refractivity contribution in [2.24, 2.45) is 0 Å². The highest BCUT2D eigenvalue weighted by molar-refractivity contribution is 6.04. The zero-order chi connectivity index (χ0) is 23.0. The number of carbonyl (C=O) groups is 2. The molecule has 3 aromatic rings. The van der Waals surface area contributed by atoms with Crippen LogP contribution in [-0.4, -0.2) is 24.5 Å². The largest absolute Gasteiger partial charge is 0.481 e. The Kier molecular flexibility index (Phi) is 7.40. The Balaban J connectivity index is 1.37. The van der Waals surface area contributed by atoms with Crippen molar-refractivity contribution in [3.05, 3.63) is 95.1 Å². The fourth-order valence-electron chi connectivity index (χ4n) is 4.19. The van der Waals surface area contributed by atoms with Gasteiger partial charge < -0.3 is 15.4 Å². The number of ether oxygens (including phenoxy) is 1. The molecule has 2 N–H and O–H groups in total. The van der Waals surface area contributed by atoms with Crippen LogP contribution >= 0.6 is 0 Å². The molecule has 0 fully saturated rings. The summed E-state index contributed by atoms with van der Waals surface area (Å²) in [7, 11) is 0. The van der Waals surface area contributed by atoms with E-state index in [1.54, 1.807) is 31.2 Å². The maximum Gasteiger partial charge on any atom is 0.265 e. The molecule has 170 valence electrons. The molecule has 0 bridgehead atoms. The van der Waals surface area contributed by atoms with Crippen LogP contribution < -0.4 is 15.4 Å². The molecule has 3 aromatic carbocycles. The van der Waals surface area contributed by atoms with Gasteiger partial charge in [0.15, 0.2) is 6.10 Å². The van der Waals surface area contributed by atoms with Gasteiger partial charge in [0.25, 0.3) is 11.8 Å². The zero-order valence-corrected chi connectivity index (χ0v) is 19.0. The van der Waals surface area contributed by atoms with Crippen molar-refractivity contribution in [1.82, 2.24) is 5.32 Å². The Morgan fingerprint density at radius 2 is 1.67 bits per heavy atom. The van der Waals surface area contributed by atoms with Gasteiger partial charge in [0.05, 0.1) is 11.3 Å². The van der Waals surface area contributed by atoms with E-state index in [1.807, 2.05) is 42.5 Å². The molecule has 33 heavy (non-hydrogen) atoms. The summed E-state index contributed by atoms with van der Waals surface area (Å²) in [5.41, 5.74) is 4.59. The predicted molar refractivity (Wildman–Crippen MR) is 131 cm³/mol. The lowest BCUT2D eigenvalue weighted by molar-refractivity contribution is -0.122. The average molecular weight is 443 g/mol. The van der Waals surface area contributed by atoms with Crippen LogP contribution in [0.3, 0.4) is 0 Å². The summed E-state index contributed by atoms with van der Waals surface area (Å²) in [5, 5.41) is 5.82. The highest BCUT2D eigenvalue weighted by Gasteiger charge is 2.21. The van der Waals surface area contributed by atoms with Crippen molar-refractivity contribution in [1.29, 1.82) is 0 Å². The molecule has 1 atom stereocenters. The van der Waals surface area contributed by atoms with E-state index in [2.05, 4.69) is 16.7 Å². The number of fused-ring (bicyclic) bond motifs is 1. The summed E-state index contributed by atoms with van der Waals surface area (Å²) in [6.07, 6.45) is 4.42. The van der Waals surface area contributed by atoms with Gasteiger partial charge in [0, 0.05) is 6.54 Å². The van der Waals surface area contributed by atoms with Crippen molar-refractivity contribution in [2.45, 2.75) is 45.1 Å². The van der Waals surface area contributed by atoms with Gasteiger partial charge >= 0.3 is 0 Å². The molecule has 1 aliphatic carbocycles. The number of anilines is 1. The number of nitrogens with one attached hydrogen (secondary N) is 2.